The molecule has 0 fully saturated rings. The van der Waals surface area contributed by atoms with Crippen LogP contribution in [0.4, 0.5) is 0 Å². The van der Waals surface area contributed by atoms with Gasteiger partial charge in [-0.2, -0.15) is 0 Å². The number of nitrogens with one attached hydrogen (secondary N) is 1. The topological polar surface area (TPSA) is 46.9 Å². The maximum atomic E-state index is 12.2. The van der Waals surface area contributed by atoms with Crippen LogP contribution in [0.2, 0.25) is 0 Å². The summed E-state index contributed by atoms with van der Waals surface area (Å²) in [6.07, 6.45) is 4.82. The largest absolute Gasteiger partial charge is 0.350 e. The standard InChI is InChI=1S/C17H19N3OS/c21-16(9-13-6-5-12-3-1-2-4-15(12)13)18-10-14-11-20-7-8-22-17(20)19-14/h1-4,11,13H,5-10H2,(H,18,21)/t13-/m0/s1. The number of nitrogens with zero attached hydrogens (tertiary/aromatic N) is 2. The first-order valence-corrected chi connectivity index (χ1v) is 8.81. The highest BCUT2D eigenvalue weighted by molar-refractivity contribution is 7.99. The van der Waals surface area contributed by atoms with E-state index >= 15 is 0 Å². The van der Waals surface area contributed by atoms with Gasteiger partial charge in [-0.05, 0) is 29.9 Å². The number of imidazole rings is 1. The van der Waals surface area contributed by atoms with Crippen LogP contribution in [0.5, 0.6) is 0 Å². The van der Waals surface area contributed by atoms with Crippen molar-refractivity contribution in [1.29, 1.82) is 0 Å². The molecule has 1 amide bonds. The van der Waals surface area contributed by atoms with Gasteiger partial charge in [0.25, 0.3) is 0 Å². The van der Waals surface area contributed by atoms with Gasteiger partial charge in [-0.15, -0.1) is 0 Å². The lowest BCUT2D eigenvalue weighted by atomic mass is 9.97. The number of hydrogen-bond donors (Lipinski definition) is 1. The normalized spacial score (nSPS) is 19.0. The number of aryl methyl sites for hydroxylation is 2. The Morgan fingerprint density at radius 2 is 2.32 bits per heavy atom. The minimum Gasteiger partial charge on any atom is -0.350 e. The molecule has 1 aromatic heterocycles. The molecule has 0 saturated heterocycles. The van der Waals surface area contributed by atoms with Crippen molar-refractivity contribution in [3.8, 4) is 0 Å². The third kappa shape index (κ3) is 2.65. The molecule has 4 rings (SSSR count). The smallest absolute Gasteiger partial charge is 0.220 e. The SMILES string of the molecule is O=C(C[C@@H]1CCc2ccccc21)NCc1cn2c(n1)SCC2. The fourth-order valence-corrected chi connectivity index (χ4v) is 4.35. The highest BCUT2D eigenvalue weighted by atomic mass is 32.2. The molecule has 0 radical (unpaired) electrons. The van der Waals surface area contributed by atoms with Crippen LogP contribution in [-0.2, 0) is 24.3 Å². The van der Waals surface area contributed by atoms with Crippen molar-refractivity contribution in [2.45, 2.75) is 43.4 Å². The molecule has 2 aromatic rings. The Kier molecular flexibility index (Phi) is 3.66. The lowest BCUT2D eigenvalue weighted by molar-refractivity contribution is -0.121. The lowest BCUT2D eigenvalue weighted by Gasteiger charge is -2.11. The van der Waals surface area contributed by atoms with Gasteiger partial charge in [-0.1, -0.05) is 36.0 Å². The van der Waals surface area contributed by atoms with E-state index in [1.807, 2.05) is 0 Å². The minimum absolute atomic E-state index is 0.127. The number of rotatable bonds is 4. The van der Waals surface area contributed by atoms with Gasteiger partial charge in [0.15, 0.2) is 5.16 Å². The van der Waals surface area contributed by atoms with E-state index in [1.54, 1.807) is 11.8 Å². The number of amides is 1. The summed E-state index contributed by atoms with van der Waals surface area (Å²) >= 11 is 1.78. The highest BCUT2D eigenvalue weighted by Crippen LogP contribution is 2.35. The maximum Gasteiger partial charge on any atom is 0.220 e. The van der Waals surface area contributed by atoms with Crippen molar-refractivity contribution >= 4 is 17.7 Å². The first kappa shape index (κ1) is 13.9. The zero-order valence-corrected chi connectivity index (χ0v) is 13.2. The quantitative estimate of drug-likeness (QED) is 0.944. The van der Waals surface area contributed by atoms with Crippen LogP contribution < -0.4 is 5.32 Å². The molecular weight excluding hydrogens is 294 g/mol. The molecule has 1 N–H and O–H groups in total. The van der Waals surface area contributed by atoms with Gasteiger partial charge >= 0.3 is 0 Å². The summed E-state index contributed by atoms with van der Waals surface area (Å²) in [7, 11) is 0. The highest BCUT2D eigenvalue weighted by Gasteiger charge is 2.24. The molecule has 1 aromatic carbocycles. The van der Waals surface area contributed by atoms with E-state index in [9.17, 15) is 4.79 Å². The average Bonchev–Trinajstić information content (AvgIpc) is 3.20. The first-order chi connectivity index (χ1) is 10.8. The Balaban J connectivity index is 1.33. The molecule has 0 saturated carbocycles. The third-order valence-corrected chi connectivity index (χ3v) is 5.48. The van der Waals surface area contributed by atoms with Gasteiger partial charge in [0, 0.05) is 24.9 Å². The van der Waals surface area contributed by atoms with Crippen LogP contribution >= 0.6 is 11.8 Å². The zero-order valence-electron chi connectivity index (χ0n) is 12.4. The summed E-state index contributed by atoms with van der Waals surface area (Å²) in [6.45, 7) is 1.56. The average molecular weight is 313 g/mol. The van der Waals surface area contributed by atoms with Crippen LogP contribution in [-0.4, -0.2) is 21.2 Å². The lowest BCUT2D eigenvalue weighted by Crippen LogP contribution is -2.24. The van der Waals surface area contributed by atoms with Crippen molar-refractivity contribution in [3.05, 3.63) is 47.3 Å². The van der Waals surface area contributed by atoms with Crippen molar-refractivity contribution in [1.82, 2.24) is 14.9 Å². The number of carbonyl (C=O) groups excluding carboxylic acids is 1. The Bertz CT molecular complexity index is 688. The molecule has 22 heavy (non-hydrogen) atoms. The van der Waals surface area contributed by atoms with Gasteiger partial charge in [0.1, 0.15) is 0 Å². The van der Waals surface area contributed by atoms with Crippen LogP contribution in [0.3, 0.4) is 0 Å². The summed E-state index contributed by atoms with van der Waals surface area (Å²) < 4.78 is 2.17. The van der Waals surface area contributed by atoms with Gasteiger partial charge in [-0.25, -0.2) is 4.98 Å². The van der Waals surface area contributed by atoms with E-state index < -0.39 is 0 Å². The fourth-order valence-electron chi connectivity index (χ4n) is 3.39. The number of hydrogen-bond acceptors (Lipinski definition) is 3. The van der Waals surface area contributed by atoms with Crippen molar-refractivity contribution in [3.63, 3.8) is 0 Å². The van der Waals surface area contributed by atoms with E-state index in [0.29, 0.717) is 18.9 Å². The molecule has 1 aliphatic heterocycles. The molecule has 0 bridgehead atoms. The summed E-state index contributed by atoms with van der Waals surface area (Å²) in [6, 6.07) is 8.49. The first-order valence-electron chi connectivity index (χ1n) is 7.83. The van der Waals surface area contributed by atoms with Gasteiger partial charge in [0.05, 0.1) is 12.2 Å². The van der Waals surface area contributed by atoms with Crippen molar-refractivity contribution in [2.24, 2.45) is 0 Å². The molecule has 0 spiro atoms. The molecule has 4 nitrogen and oxygen atoms in total. The molecule has 1 atom stereocenters. The van der Waals surface area contributed by atoms with Crippen LogP contribution in [0.1, 0.15) is 35.6 Å². The van der Waals surface area contributed by atoms with Gasteiger partial charge < -0.3 is 9.88 Å². The number of benzene rings is 1. The van der Waals surface area contributed by atoms with E-state index in [2.05, 4.69) is 45.3 Å². The van der Waals surface area contributed by atoms with Crippen LogP contribution in [0.15, 0.2) is 35.6 Å². The van der Waals surface area contributed by atoms with Gasteiger partial charge in [0.2, 0.25) is 5.91 Å². The summed E-state index contributed by atoms with van der Waals surface area (Å²) in [5.41, 5.74) is 3.72. The predicted molar refractivity (Wildman–Crippen MR) is 86.9 cm³/mol. The van der Waals surface area contributed by atoms with Crippen LogP contribution in [0, 0.1) is 0 Å². The van der Waals surface area contributed by atoms with Crippen LogP contribution in [0.25, 0.3) is 0 Å². The van der Waals surface area contributed by atoms with Crippen molar-refractivity contribution in [2.75, 3.05) is 5.75 Å². The van der Waals surface area contributed by atoms with E-state index in [1.165, 1.54) is 11.1 Å². The molecule has 5 heteroatoms. The number of carbonyl (C=O) groups is 1. The Morgan fingerprint density at radius 3 is 3.23 bits per heavy atom. The molecule has 2 heterocycles. The van der Waals surface area contributed by atoms with E-state index in [4.69, 9.17) is 0 Å². The van der Waals surface area contributed by atoms with E-state index in [0.717, 1.165) is 36.0 Å². The third-order valence-electron chi connectivity index (χ3n) is 4.51. The summed E-state index contributed by atoms with van der Waals surface area (Å²) in [4.78, 5) is 16.7. The molecule has 0 unspecified atom stereocenters. The second kappa shape index (κ2) is 5.80. The second-order valence-corrected chi connectivity index (χ2v) is 7.03. The molecule has 2 aliphatic rings. The monoisotopic (exact) mass is 313 g/mol. The zero-order chi connectivity index (χ0) is 14.9. The number of fused-ring (bicyclic) bond motifs is 2. The fraction of sp³-hybridized carbons (Fsp3) is 0.412. The number of aromatic nitrogens is 2. The maximum absolute atomic E-state index is 12.2. The second-order valence-electron chi connectivity index (χ2n) is 5.97. The molecular formula is C17H19N3OS. The molecule has 1 aliphatic carbocycles. The summed E-state index contributed by atoms with van der Waals surface area (Å²) in [5.74, 6) is 1.61. The minimum atomic E-state index is 0.127. The number of thioether (sulfide) groups is 1. The van der Waals surface area contributed by atoms with Gasteiger partial charge in [-0.3, -0.25) is 4.79 Å². The Hall–Kier alpha value is -1.75. The van der Waals surface area contributed by atoms with E-state index in [-0.39, 0.29) is 5.91 Å². The Morgan fingerprint density at radius 1 is 1.41 bits per heavy atom. The van der Waals surface area contributed by atoms with Crippen molar-refractivity contribution < 1.29 is 4.79 Å². The Labute approximate surface area is 134 Å². The molecule has 114 valence electrons. The predicted octanol–water partition coefficient (Wildman–Crippen LogP) is 2.73. The summed E-state index contributed by atoms with van der Waals surface area (Å²) in [5, 5.41) is 4.10.